The second-order valence-electron chi connectivity index (χ2n) is 6.42. The number of imidazole rings is 1. The molecule has 0 atom stereocenters. The van der Waals surface area contributed by atoms with Crippen LogP contribution >= 0.6 is 0 Å². The van der Waals surface area contributed by atoms with Crippen molar-refractivity contribution in [2.75, 3.05) is 0 Å². The Bertz CT molecular complexity index is 1080. The number of rotatable bonds is 5. The minimum Gasteiger partial charge on any atom is -0.489 e. The minimum absolute atomic E-state index is 0.544. The van der Waals surface area contributed by atoms with Gasteiger partial charge in [0.25, 0.3) is 0 Å². The van der Waals surface area contributed by atoms with Gasteiger partial charge in [-0.25, -0.2) is 4.98 Å². The van der Waals surface area contributed by atoms with Gasteiger partial charge >= 0.3 is 0 Å². The largest absolute Gasteiger partial charge is 0.489 e. The Morgan fingerprint density at radius 3 is 2.48 bits per heavy atom. The van der Waals surface area contributed by atoms with Crippen LogP contribution in [0, 0.1) is 13.8 Å². The van der Waals surface area contributed by atoms with Crippen LogP contribution in [0.1, 0.15) is 16.8 Å². The van der Waals surface area contributed by atoms with Gasteiger partial charge < -0.3 is 4.74 Å². The molecule has 0 aliphatic heterocycles. The summed E-state index contributed by atoms with van der Waals surface area (Å²) in [5, 5.41) is 8.75. The molecule has 0 amide bonds. The van der Waals surface area contributed by atoms with Crippen molar-refractivity contribution in [1.29, 1.82) is 0 Å². The number of aryl methyl sites for hydroxylation is 2. The summed E-state index contributed by atoms with van der Waals surface area (Å²) < 4.78 is 7.75. The molecular formula is C22H20N4O. The number of hydrogen-bond acceptors (Lipinski definition) is 4. The molecule has 4 rings (SSSR count). The van der Waals surface area contributed by atoms with Gasteiger partial charge in [-0.2, -0.15) is 0 Å². The maximum atomic E-state index is 5.80. The zero-order valence-corrected chi connectivity index (χ0v) is 15.3. The number of fused-ring (bicyclic) bond motifs is 1. The molecule has 2 aromatic heterocycles. The second kappa shape index (κ2) is 7.41. The first-order valence-electron chi connectivity index (χ1n) is 8.83. The van der Waals surface area contributed by atoms with Crippen molar-refractivity contribution in [3.8, 4) is 5.75 Å². The van der Waals surface area contributed by atoms with E-state index in [-0.39, 0.29) is 0 Å². The fourth-order valence-corrected chi connectivity index (χ4v) is 2.83. The van der Waals surface area contributed by atoms with Crippen molar-refractivity contribution in [2.45, 2.75) is 20.5 Å². The van der Waals surface area contributed by atoms with E-state index in [0.717, 1.165) is 34.2 Å². The van der Waals surface area contributed by atoms with Gasteiger partial charge in [-0.15, -0.1) is 10.2 Å². The van der Waals surface area contributed by atoms with Gasteiger partial charge in [0, 0.05) is 6.20 Å². The Labute approximate surface area is 158 Å². The van der Waals surface area contributed by atoms with E-state index in [0.29, 0.717) is 6.61 Å². The molecule has 0 saturated carbocycles. The Hall–Kier alpha value is -3.47. The summed E-state index contributed by atoms with van der Waals surface area (Å²) in [4.78, 5) is 4.54. The molecular weight excluding hydrogens is 336 g/mol. The van der Waals surface area contributed by atoms with E-state index in [1.165, 1.54) is 5.56 Å². The van der Waals surface area contributed by atoms with E-state index in [1.807, 2.05) is 91.2 Å². The highest BCUT2D eigenvalue weighted by molar-refractivity contribution is 5.53. The number of aromatic nitrogens is 2. The summed E-state index contributed by atoms with van der Waals surface area (Å²) in [6, 6.07) is 21.8. The van der Waals surface area contributed by atoms with E-state index in [9.17, 15) is 0 Å². The first kappa shape index (κ1) is 17.0. The predicted molar refractivity (Wildman–Crippen MR) is 106 cm³/mol. The SMILES string of the molecule is Cc1ccn2c(N=Nc3ccc(OCc4ccccc4)cc3)c(C)nc2c1. The second-order valence-corrected chi connectivity index (χ2v) is 6.42. The monoisotopic (exact) mass is 356 g/mol. The standard InChI is InChI=1S/C22H20N4O/c1-16-12-13-26-21(14-16)23-17(2)22(26)25-24-19-8-10-20(11-9-19)27-15-18-6-4-3-5-7-18/h3-14H,15H2,1-2H3. The van der Waals surface area contributed by atoms with Gasteiger partial charge in [-0.1, -0.05) is 30.3 Å². The summed E-state index contributed by atoms with van der Waals surface area (Å²) in [7, 11) is 0. The fraction of sp³-hybridized carbons (Fsp3) is 0.136. The van der Waals surface area contributed by atoms with E-state index in [2.05, 4.69) is 15.2 Å². The quantitative estimate of drug-likeness (QED) is 0.415. The lowest BCUT2D eigenvalue weighted by Crippen LogP contribution is -1.94. The van der Waals surface area contributed by atoms with Crippen LogP contribution in [0.3, 0.4) is 0 Å². The molecule has 0 unspecified atom stereocenters. The van der Waals surface area contributed by atoms with Crippen LogP contribution < -0.4 is 4.74 Å². The van der Waals surface area contributed by atoms with Crippen LogP contribution in [0.25, 0.3) is 5.65 Å². The molecule has 0 saturated heterocycles. The van der Waals surface area contributed by atoms with Gasteiger partial charge in [0.1, 0.15) is 18.0 Å². The van der Waals surface area contributed by atoms with Gasteiger partial charge in [0.2, 0.25) is 0 Å². The third kappa shape index (κ3) is 3.87. The highest BCUT2D eigenvalue weighted by Crippen LogP contribution is 2.25. The minimum atomic E-state index is 0.544. The molecule has 2 heterocycles. The zero-order chi connectivity index (χ0) is 18.6. The van der Waals surface area contributed by atoms with Gasteiger partial charge in [0.15, 0.2) is 5.82 Å². The molecule has 0 aliphatic rings. The van der Waals surface area contributed by atoms with Crippen LogP contribution in [0.5, 0.6) is 5.75 Å². The fourth-order valence-electron chi connectivity index (χ4n) is 2.83. The molecule has 27 heavy (non-hydrogen) atoms. The zero-order valence-electron chi connectivity index (χ0n) is 15.3. The van der Waals surface area contributed by atoms with Gasteiger partial charge in [-0.05, 0) is 61.4 Å². The van der Waals surface area contributed by atoms with Crippen LogP contribution in [0.2, 0.25) is 0 Å². The lowest BCUT2D eigenvalue weighted by Gasteiger charge is -2.06. The molecule has 4 aromatic rings. The van der Waals surface area contributed by atoms with Crippen molar-refractivity contribution in [3.05, 3.63) is 89.7 Å². The third-order valence-electron chi connectivity index (χ3n) is 4.27. The molecule has 5 heteroatoms. The number of ether oxygens (including phenoxy) is 1. The van der Waals surface area contributed by atoms with Gasteiger partial charge in [0.05, 0.1) is 11.4 Å². The number of benzene rings is 2. The topological polar surface area (TPSA) is 51.2 Å². The normalized spacial score (nSPS) is 11.3. The summed E-state index contributed by atoms with van der Waals surface area (Å²) in [5.74, 6) is 1.55. The van der Waals surface area contributed by atoms with Crippen molar-refractivity contribution < 1.29 is 4.74 Å². The number of hydrogen-bond donors (Lipinski definition) is 0. The van der Waals surface area contributed by atoms with Crippen LogP contribution in [-0.2, 0) is 6.61 Å². The first-order valence-corrected chi connectivity index (χ1v) is 8.83. The predicted octanol–water partition coefficient (Wildman–Crippen LogP) is 5.95. The van der Waals surface area contributed by atoms with E-state index < -0.39 is 0 Å². The maximum absolute atomic E-state index is 5.80. The third-order valence-corrected chi connectivity index (χ3v) is 4.27. The van der Waals surface area contributed by atoms with E-state index in [1.54, 1.807) is 0 Å². The Balaban J connectivity index is 1.48. The van der Waals surface area contributed by atoms with Crippen LogP contribution in [0.4, 0.5) is 11.5 Å². The van der Waals surface area contributed by atoms with Crippen LogP contribution in [-0.4, -0.2) is 9.38 Å². The molecule has 0 aliphatic carbocycles. The van der Waals surface area contributed by atoms with E-state index in [4.69, 9.17) is 4.74 Å². The summed E-state index contributed by atoms with van der Waals surface area (Å²) >= 11 is 0. The van der Waals surface area contributed by atoms with Gasteiger partial charge in [-0.3, -0.25) is 4.40 Å². The molecule has 0 spiro atoms. The summed E-state index contributed by atoms with van der Waals surface area (Å²) in [5.41, 5.74) is 4.81. The highest BCUT2D eigenvalue weighted by Gasteiger charge is 2.07. The van der Waals surface area contributed by atoms with Crippen molar-refractivity contribution in [2.24, 2.45) is 10.2 Å². The van der Waals surface area contributed by atoms with Crippen molar-refractivity contribution in [1.82, 2.24) is 9.38 Å². The summed E-state index contributed by atoms with van der Waals surface area (Å²) in [6.07, 6.45) is 1.97. The lowest BCUT2D eigenvalue weighted by molar-refractivity contribution is 0.306. The molecule has 0 radical (unpaired) electrons. The summed E-state index contributed by atoms with van der Waals surface area (Å²) in [6.45, 7) is 4.53. The Morgan fingerprint density at radius 1 is 0.926 bits per heavy atom. The molecule has 0 N–H and O–H groups in total. The number of pyridine rings is 1. The highest BCUT2D eigenvalue weighted by atomic mass is 16.5. The first-order chi connectivity index (χ1) is 13.2. The number of azo groups is 1. The smallest absolute Gasteiger partial charge is 0.182 e. The number of nitrogens with zero attached hydrogens (tertiary/aromatic N) is 4. The molecule has 0 bridgehead atoms. The average molecular weight is 356 g/mol. The average Bonchev–Trinajstić information content (AvgIpc) is 3.00. The Morgan fingerprint density at radius 2 is 1.70 bits per heavy atom. The molecule has 2 aromatic carbocycles. The van der Waals surface area contributed by atoms with Crippen molar-refractivity contribution in [3.63, 3.8) is 0 Å². The van der Waals surface area contributed by atoms with Crippen molar-refractivity contribution >= 4 is 17.2 Å². The maximum Gasteiger partial charge on any atom is 0.182 e. The molecule has 0 fully saturated rings. The molecule has 134 valence electrons. The lowest BCUT2D eigenvalue weighted by atomic mass is 10.2. The Kier molecular flexibility index (Phi) is 4.66. The van der Waals surface area contributed by atoms with Crippen LogP contribution in [0.15, 0.2) is 83.2 Å². The van der Waals surface area contributed by atoms with E-state index >= 15 is 0 Å². The molecule has 5 nitrogen and oxygen atoms in total.